The maximum Gasteiger partial charge on any atom is 0.235 e. The maximum absolute atomic E-state index is 12.8. The Morgan fingerprint density at radius 1 is 1.43 bits per heavy atom. The van der Waals surface area contributed by atoms with Gasteiger partial charge in [-0.25, -0.2) is 8.42 Å². The summed E-state index contributed by atoms with van der Waals surface area (Å²) in [4.78, 5) is 18.4. The number of pyridine rings is 1. The molecule has 2 atom stereocenters. The third-order valence-corrected chi connectivity index (χ3v) is 7.52. The summed E-state index contributed by atoms with van der Waals surface area (Å²) in [7, 11) is -1.37. The van der Waals surface area contributed by atoms with Gasteiger partial charge in [0.1, 0.15) is 0 Å². The second-order valence-electron chi connectivity index (χ2n) is 6.71. The van der Waals surface area contributed by atoms with Gasteiger partial charge in [0.2, 0.25) is 5.91 Å². The van der Waals surface area contributed by atoms with Crippen LogP contribution >= 0.6 is 11.8 Å². The van der Waals surface area contributed by atoms with Crippen LogP contribution in [0.3, 0.4) is 0 Å². The summed E-state index contributed by atoms with van der Waals surface area (Å²) in [5, 5.41) is 8.71. The van der Waals surface area contributed by atoms with Crippen LogP contribution in [0.4, 0.5) is 0 Å². The van der Waals surface area contributed by atoms with E-state index in [1.165, 1.54) is 11.8 Å². The highest BCUT2D eigenvalue weighted by Crippen LogP contribution is 2.28. The van der Waals surface area contributed by atoms with Crippen LogP contribution in [0.2, 0.25) is 0 Å². The maximum atomic E-state index is 12.8. The Morgan fingerprint density at radius 2 is 2.14 bits per heavy atom. The number of allylic oxidation sites excluding steroid dienone is 1. The number of hydrogen-bond acceptors (Lipinski definition) is 7. The van der Waals surface area contributed by atoms with Gasteiger partial charge in [-0.2, -0.15) is 0 Å². The van der Waals surface area contributed by atoms with Gasteiger partial charge in [0.15, 0.2) is 20.8 Å². The molecule has 150 valence electrons. The van der Waals surface area contributed by atoms with Crippen molar-refractivity contribution in [3.05, 3.63) is 37.2 Å². The molecule has 0 N–H and O–H groups in total. The molecule has 0 radical (unpaired) electrons. The lowest BCUT2D eigenvalue weighted by Crippen LogP contribution is -2.41. The molecule has 2 aromatic heterocycles. The van der Waals surface area contributed by atoms with Crippen LogP contribution in [0.15, 0.2) is 42.3 Å². The lowest BCUT2D eigenvalue weighted by molar-refractivity contribution is -0.130. The predicted molar refractivity (Wildman–Crippen MR) is 109 cm³/mol. The number of carbonyl (C=O) groups is 1. The fraction of sp³-hybridized carbons (Fsp3) is 0.444. The van der Waals surface area contributed by atoms with Crippen LogP contribution < -0.4 is 0 Å². The van der Waals surface area contributed by atoms with Crippen molar-refractivity contribution in [2.45, 2.75) is 36.3 Å². The van der Waals surface area contributed by atoms with Gasteiger partial charge in [-0.3, -0.25) is 14.3 Å². The Hall–Kier alpha value is -2.20. The monoisotopic (exact) mass is 421 g/mol. The number of aromatic nitrogens is 4. The van der Waals surface area contributed by atoms with Crippen LogP contribution in [0.25, 0.3) is 11.4 Å². The first kappa shape index (κ1) is 20.5. The highest BCUT2D eigenvalue weighted by molar-refractivity contribution is 8.00. The largest absolute Gasteiger partial charge is 0.341 e. The van der Waals surface area contributed by atoms with Crippen molar-refractivity contribution < 1.29 is 13.2 Å². The first-order valence-corrected chi connectivity index (χ1v) is 11.6. The van der Waals surface area contributed by atoms with Gasteiger partial charge in [-0.15, -0.1) is 16.8 Å². The predicted octanol–water partition coefficient (Wildman–Crippen LogP) is 1.65. The van der Waals surface area contributed by atoms with Crippen molar-refractivity contribution in [3.8, 4) is 11.4 Å². The van der Waals surface area contributed by atoms with Gasteiger partial charge in [0, 0.05) is 37.6 Å². The van der Waals surface area contributed by atoms with E-state index in [1.54, 1.807) is 37.3 Å². The van der Waals surface area contributed by atoms with E-state index in [2.05, 4.69) is 21.8 Å². The molecule has 3 rings (SSSR count). The van der Waals surface area contributed by atoms with Gasteiger partial charge in [-0.05, 0) is 25.5 Å². The molecule has 0 aliphatic carbocycles. The van der Waals surface area contributed by atoms with Gasteiger partial charge in [0.25, 0.3) is 0 Å². The normalized spacial score (nSPS) is 19.3. The van der Waals surface area contributed by atoms with Crippen molar-refractivity contribution in [2.24, 2.45) is 0 Å². The van der Waals surface area contributed by atoms with E-state index in [-0.39, 0.29) is 23.5 Å². The number of nitrogens with zero attached hydrogens (tertiary/aromatic N) is 5. The minimum absolute atomic E-state index is 0.0332. The minimum Gasteiger partial charge on any atom is -0.341 e. The molecule has 1 aliphatic rings. The minimum atomic E-state index is -3.04. The summed E-state index contributed by atoms with van der Waals surface area (Å²) >= 11 is 1.31. The van der Waals surface area contributed by atoms with E-state index >= 15 is 0 Å². The fourth-order valence-electron chi connectivity index (χ4n) is 3.14. The number of amides is 1. The summed E-state index contributed by atoms with van der Waals surface area (Å²) < 4.78 is 25.3. The highest BCUT2D eigenvalue weighted by Gasteiger charge is 2.34. The molecule has 1 amide bonds. The third kappa shape index (κ3) is 4.44. The van der Waals surface area contributed by atoms with E-state index in [4.69, 9.17) is 0 Å². The quantitative estimate of drug-likeness (QED) is 0.495. The molecule has 28 heavy (non-hydrogen) atoms. The number of thioether (sulfide) groups is 1. The highest BCUT2D eigenvalue weighted by atomic mass is 32.2. The summed E-state index contributed by atoms with van der Waals surface area (Å²) in [6.45, 7) is 6.09. The van der Waals surface area contributed by atoms with E-state index in [1.807, 2.05) is 16.7 Å². The lowest BCUT2D eigenvalue weighted by atomic mass is 10.2. The van der Waals surface area contributed by atoms with Crippen LogP contribution in [-0.4, -0.2) is 68.8 Å². The van der Waals surface area contributed by atoms with E-state index in [0.717, 1.165) is 5.56 Å². The summed E-state index contributed by atoms with van der Waals surface area (Å²) in [5.41, 5.74) is 0.878. The Labute approximate surface area is 169 Å². The van der Waals surface area contributed by atoms with Gasteiger partial charge >= 0.3 is 0 Å². The Bertz CT molecular complexity index is 959. The number of sulfone groups is 1. The molecule has 3 heterocycles. The number of rotatable bonds is 7. The van der Waals surface area contributed by atoms with Crippen molar-refractivity contribution in [3.63, 3.8) is 0 Å². The van der Waals surface area contributed by atoms with Crippen molar-refractivity contribution in [1.29, 1.82) is 0 Å². The van der Waals surface area contributed by atoms with E-state index < -0.39 is 15.1 Å². The SMILES string of the molecule is C=CCn1c(S[C@@H](C)C(=O)N(C)[C@@H]2CCS(=O)(=O)C2)nnc1-c1ccncc1. The molecule has 1 fully saturated rings. The first-order valence-electron chi connectivity index (χ1n) is 8.90. The molecule has 0 bridgehead atoms. The smallest absolute Gasteiger partial charge is 0.235 e. The van der Waals surface area contributed by atoms with Crippen LogP contribution in [0.1, 0.15) is 13.3 Å². The second kappa shape index (κ2) is 8.44. The van der Waals surface area contributed by atoms with Crippen LogP contribution in [0, 0.1) is 0 Å². The molecule has 8 nitrogen and oxygen atoms in total. The third-order valence-electron chi connectivity index (χ3n) is 4.70. The molecule has 0 aromatic carbocycles. The lowest BCUT2D eigenvalue weighted by Gasteiger charge is -2.26. The van der Waals surface area contributed by atoms with Crippen LogP contribution in [0.5, 0.6) is 0 Å². The van der Waals surface area contributed by atoms with Gasteiger partial charge < -0.3 is 4.90 Å². The average Bonchev–Trinajstić information content (AvgIpc) is 3.24. The molecule has 1 aliphatic heterocycles. The molecule has 2 aromatic rings. The summed E-state index contributed by atoms with van der Waals surface area (Å²) in [5.74, 6) is 0.732. The van der Waals surface area contributed by atoms with E-state index in [9.17, 15) is 13.2 Å². The molecular formula is C18H23N5O3S2. The standard InChI is InChI=1S/C18H23N5O3S2/c1-4-10-23-16(14-5-8-19-9-6-14)20-21-18(23)27-13(2)17(24)22(3)15-7-11-28(25,26)12-15/h4-6,8-9,13,15H,1,7,10-12H2,2-3H3/t13-,15+/m0/s1. The van der Waals surface area contributed by atoms with Crippen molar-refractivity contribution >= 4 is 27.5 Å². The zero-order valence-corrected chi connectivity index (χ0v) is 17.5. The molecule has 10 heteroatoms. The molecule has 0 saturated carbocycles. The fourth-order valence-corrected chi connectivity index (χ4v) is 5.87. The zero-order valence-electron chi connectivity index (χ0n) is 15.9. The van der Waals surface area contributed by atoms with E-state index in [0.29, 0.717) is 23.9 Å². The number of carbonyl (C=O) groups excluding carboxylic acids is 1. The molecule has 1 saturated heterocycles. The second-order valence-corrected chi connectivity index (χ2v) is 10.2. The first-order chi connectivity index (χ1) is 13.3. The zero-order chi connectivity index (χ0) is 20.3. The van der Waals surface area contributed by atoms with Gasteiger partial charge in [0.05, 0.1) is 16.8 Å². The molecular weight excluding hydrogens is 398 g/mol. The van der Waals surface area contributed by atoms with Crippen molar-refractivity contribution in [2.75, 3.05) is 18.6 Å². The Morgan fingerprint density at radius 3 is 2.75 bits per heavy atom. The average molecular weight is 422 g/mol. The molecule has 0 unspecified atom stereocenters. The Balaban J connectivity index is 1.76. The topological polar surface area (TPSA) is 98.1 Å². The summed E-state index contributed by atoms with van der Waals surface area (Å²) in [6, 6.07) is 3.43. The molecule has 0 spiro atoms. The Kier molecular flexibility index (Phi) is 6.19. The van der Waals surface area contributed by atoms with Crippen LogP contribution in [-0.2, 0) is 21.2 Å². The van der Waals surface area contributed by atoms with Crippen molar-refractivity contribution in [1.82, 2.24) is 24.6 Å². The van der Waals surface area contributed by atoms with Gasteiger partial charge in [-0.1, -0.05) is 17.8 Å². The number of hydrogen-bond donors (Lipinski definition) is 0. The summed E-state index contributed by atoms with van der Waals surface area (Å²) in [6.07, 6.45) is 5.61.